The summed E-state index contributed by atoms with van der Waals surface area (Å²) in [7, 11) is 0.263. The van der Waals surface area contributed by atoms with E-state index in [0.29, 0.717) is 0 Å². The highest BCUT2D eigenvalue weighted by molar-refractivity contribution is 9.10. The van der Waals surface area contributed by atoms with Gasteiger partial charge in [0.05, 0.1) is 16.8 Å². The van der Waals surface area contributed by atoms with Gasteiger partial charge in [-0.2, -0.15) is 13.5 Å². The van der Waals surface area contributed by atoms with Crippen molar-refractivity contribution in [2.75, 3.05) is 19.0 Å². The number of halogens is 1. The molecule has 0 bridgehead atoms. The van der Waals surface area contributed by atoms with E-state index in [1.54, 1.807) is 18.2 Å². The summed E-state index contributed by atoms with van der Waals surface area (Å²) in [5.41, 5.74) is 1.82. The Morgan fingerprint density at radius 3 is 2.41 bits per heavy atom. The number of anilines is 1. The Balaban J connectivity index is 2.12. The maximum absolute atomic E-state index is 12.0. The van der Waals surface area contributed by atoms with Crippen molar-refractivity contribution in [1.82, 2.24) is 4.83 Å². The molecule has 2 rings (SSSR count). The molecule has 1 N–H and O–H groups in total. The summed E-state index contributed by atoms with van der Waals surface area (Å²) in [6, 6.07) is 13.8. The Hall–Kier alpha value is -1.86. The largest absolute Gasteiger partial charge is 0.377 e. The SMILES string of the molecule is CN(C)c1ccc(C=NNS(=O)(=O)c2ccccc2)cc1Br. The summed E-state index contributed by atoms with van der Waals surface area (Å²) in [5.74, 6) is 0. The van der Waals surface area contributed by atoms with Crippen molar-refractivity contribution >= 4 is 37.9 Å². The lowest BCUT2D eigenvalue weighted by Gasteiger charge is -2.14. The molecule has 0 aromatic heterocycles. The molecule has 0 fully saturated rings. The van der Waals surface area contributed by atoms with E-state index in [4.69, 9.17) is 0 Å². The van der Waals surface area contributed by atoms with E-state index in [1.807, 2.05) is 37.2 Å². The molecule has 5 nitrogen and oxygen atoms in total. The van der Waals surface area contributed by atoms with Gasteiger partial charge in [-0.25, -0.2) is 4.83 Å². The number of hydrazone groups is 1. The fourth-order valence-electron chi connectivity index (χ4n) is 1.79. The van der Waals surface area contributed by atoms with Crippen LogP contribution in [0.15, 0.2) is 63.0 Å². The molecule has 0 saturated heterocycles. The van der Waals surface area contributed by atoms with E-state index in [-0.39, 0.29) is 4.90 Å². The van der Waals surface area contributed by atoms with Crippen molar-refractivity contribution in [2.45, 2.75) is 4.90 Å². The zero-order valence-corrected chi connectivity index (χ0v) is 14.6. The van der Waals surface area contributed by atoms with Crippen molar-refractivity contribution in [1.29, 1.82) is 0 Å². The van der Waals surface area contributed by atoms with Crippen LogP contribution in [0, 0.1) is 0 Å². The minimum Gasteiger partial charge on any atom is -0.377 e. The number of nitrogens with one attached hydrogen (secondary N) is 1. The maximum atomic E-state index is 12.0. The Kier molecular flexibility index (Phi) is 5.20. The highest BCUT2D eigenvalue weighted by atomic mass is 79.9. The Morgan fingerprint density at radius 2 is 1.82 bits per heavy atom. The smallest absolute Gasteiger partial charge is 0.276 e. The molecule has 0 radical (unpaired) electrons. The van der Waals surface area contributed by atoms with E-state index < -0.39 is 10.0 Å². The number of sulfonamides is 1. The lowest BCUT2D eigenvalue weighted by molar-refractivity contribution is 0.584. The minimum absolute atomic E-state index is 0.177. The third kappa shape index (κ3) is 4.08. The maximum Gasteiger partial charge on any atom is 0.276 e. The average molecular weight is 382 g/mol. The monoisotopic (exact) mass is 381 g/mol. The van der Waals surface area contributed by atoms with Gasteiger partial charge < -0.3 is 4.90 Å². The lowest BCUT2D eigenvalue weighted by Crippen LogP contribution is -2.18. The topological polar surface area (TPSA) is 61.8 Å². The van der Waals surface area contributed by atoms with Crippen LogP contribution in [0.4, 0.5) is 5.69 Å². The molecule has 0 atom stereocenters. The van der Waals surface area contributed by atoms with Crippen molar-refractivity contribution in [3.63, 3.8) is 0 Å². The number of rotatable bonds is 5. The van der Waals surface area contributed by atoms with Crippen LogP contribution in [0.2, 0.25) is 0 Å². The average Bonchev–Trinajstić information content (AvgIpc) is 2.47. The molecule has 0 saturated carbocycles. The van der Waals surface area contributed by atoms with Gasteiger partial charge in [-0.05, 0) is 45.8 Å². The van der Waals surface area contributed by atoms with E-state index in [2.05, 4.69) is 25.9 Å². The molecular formula is C15H16BrN3O2S. The molecule has 2 aromatic carbocycles. The standard InChI is InChI=1S/C15H16BrN3O2S/c1-19(2)15-9-8-12(10-14(15)16)11-17-18-22(20,21)13-6-4-3-5-7-13/h3-11,18H,1-2H3. The Labute approximate surface area is 138 Å². The number of benzene rings is 2. The van der Waals surface area contributed by atoms with Crippen LogP contribution in [0.3, 0.4) is 0 Å². The summed E-state index contributed by atoms with van der Waals surface area (Å²) in [4.78, 5) is 4.35. The molecule has 0 unspecified atom stereocenters. The zero-order valence-electron chi connectivity index (χ0n) is 12.2. The molecule has 0 aliphatic heterocycles. The third-order valence-electron chi connectivity index (χ3n) is 2.89. The zero-order chi connectivity index (χ0) is 16.2. The number of nitrogens with zero attached hydrogens (tertiary/aromatic N) is 2. The van der Waals surface area contributed by atoms with E-state index in [9.17, 15) is 8.42 Å². The van der Waals surface area contributed by atoms with Crippen LogP contribution in [-0.2, 0) is 10.0 Å². The molecule has 0 heterocycles. The Morgan fingerprint density at radius 1 is 1.14 bits per heavy atom. The number of hydrogen-bond acceptors (Lipinski definition) is 4. The second kappa shape index (κ2) is 6.93. The highest BCUT2D eigenvalue weighted by Gasteiger charge is 2.11. The summed E-state index contributed by atoms with van der Waals surface area (Å²) in [5, 5.41) is 3.81. The first kappa shape index (κ1) is 16.5. The normalized spacial score (nSPS) is 11.6. The Bertz CT molecular complexity index is 775. The van der Waals surface area contributed by atoms with E-state index >= 15 is 0 Å². The van der Waals surface area contributed by atoms with Gasteiger partial charge in [0.25, 0.3) is 10.0 Å². The van der Waals surface area contributed by atoms with Crippen molar-refractivity contribution in [3.05, 3.63) is 58.6 Å². The fourth-order valence-corrected chi connectivity index (χ4v) is 3.35. The minimum atomic E-state index is -3.63. The van der Waals surface area contributed by atoms with Gasteiger partial charge in [-0.15, -0.1) is 0 Å². The highest BCUT2D eigenvalue weighted by Crippen LogP contribution is 2.25. The van der Waals surface area contributed by atoms with Gasteiger partial charge >= 0.3 is 0 Å². The molecule has 0 aliphatic rings. The predicted molar refractivity (Wildman–Crippen MR) is 92.8 cm³/mol. The lowest BCUT2D eigenvalue weighted by atomic mass is 10.2. The first-order chi connectivity index (χ1) is 10.4. The van der Waals surface area contributed by atoms with Crippen molar-refractivity contribution < 1.29 is 8.42 Å². The summed E-state index contributed by atoms with van der Waals surface area (Å²) in [6.45, 7) is 0. The molecular weight excluding hydrogens is 366 g/mol. The van der Waals surface area contributed by atoms with Gasteiger partial charge in [0.1, 0.15) is 0 Å². The van der Waals surface area contributed by atoms with Gasteiger partial charge in [-0.3, -0.25) is 0 Å². The second-order valence-electron chi connectivity index (χ2n) is 4.77. The van der Waals surface area contributed by atoms with E-state index in [1.165, 1.54) is 18.3 Å². The molecule has 0 amide bonds. The van der Waals surface area contributed by atoms with Gasteiger partial charge in [-0.1, -0.05) is 24.3 Å². The van der Waals surface area contributed by atoms with Crippen LogP contribution in [0.25, 0.3) is 0 Å². The predicted octanol–water partition coefficient (Wildman–Crippen LogP) is 2.83. The van der Waals surface area contributed by atoms with Gasteiger partial charge in [0.2, 0.25) is 0 Å². The molecule has 0 aliphatic carbocycles. The number of hydrogen-bond donors (Lipinski definition) is 1. The molecule has 0 spiro atoms. The molecule has 7 heteroatoms. The first-order valence-electron chi connectivity index (χ1n) is 6.47. The summed E-state index contributed by atoms with van der Waals surface area (Å²) >= 11 is 3.47. The first-order valence-corrected chi connectivity index (χ1v) is 8.74. The van der Waals surface area contributed by atoms with Crippen molar-refractivity contribution in [3.8, 4) is 0 Å². The van der Waals surface area contributed by atoms with Gasteiger partial charge in [0, 0.05) is 18.6 Å². The fraction of sp³-hybridized carbons (Fsp3) is 0.133. The van der Waals surface area contributed by atoms with Crippen LogP contribution < -0.4 is 9.73 Å². The molecule has 116 valence electrons. The van der Waals surface area contributed by atoms with Crippen molar-refractivity contribution in [2.24, 2.45) is 5.10 Å². The van der Waals surface area contributed by atoms with E-state index in [0.717, 1.165) is 15.7 Å². The van der Waals surface area contributed by atoms with Crippen LogP contribution in [0.5, 0.6) is 0 Å². The second-order valence-corrected chi connectivity index (χ2v) is 7.29. The van der Waals surface area contributed by atoms with Crippen LogP contribution in [0.1, 0.15) is 5.56 Å². The quantitative estimate of drug-likeness (QED) is 0.639. The van der Waals surface area contributed by atoms with Gasteiger partial charge in [0.15, 0.2) is 0 Å². The third-order valence-corrected chi connectivity index (χ3v) is 4.77. The van der Waals surface area contributed by atoms with Crippen LogP contribution >= 0.6 is 15.9 Å². The summed E-state index contributed by atoms with van der Waals surface area (Å²) < 4.78 is 24.9. The molecule has 2 aromatic rings. The molecule has 22 heavy (non-hydrogen) atoms. The summed E-state index contributed by atoms with van der Waals surface area (Å²) in [6.07, 6.45) is 1.46. The van der Waals surface area contributed by atoms with Crippen LogP contribution in [-0.4, -0.2) is 28.7 Å².